The first-order valence-electron chi connectivity index (χ1n) is 7.90. The number of aliphatic hydroxyl groups excluding tert-OH is 1. The summed E-state index contributed by atoms with van der Waals surface area (Å²) in [6.45, 7) is 2.08. The molecule has 0 aliphatic carbocycles. The van der Waals surface area contributed by atoms with E-state index in [1.807, 2.05) is 31.2 Å². The number of nitrogens with one attached hydrogen (secondary N) is 1. The minimum absolute atomic E-state index is 0.0962. The minimum atomic E-state index is -3.52. The van der Waals surface area contributed by atoms with Crippen LogP contribution in [0.3, 0.4) is 0 Å². The third-order valence-corrected chi connectivity index (χ3v) is 5.19. The quantitative estimate of drug-likeness (QED) is 0.698. The number of ether oxygens (including phenoxy) is 1. The normalized spacial score (nSPS) is 12.9. The van der Waals surface area contributed by atoms with Crippen molar-refractivity contribution in [2.75, 3.05) is 19.8 Å². The zero-order valence-corrected chi connectivity index (χ0v) is 15.6. The highest BCUT2D eigenvalue weighted by molar-refractivity contribution is 7.88. The van der Waals surface area contributed by atoms with Gasteiger partial charge >= 0.3 is 0 Å². The van der Waals surface area contributed by atoms with Gasteiger partial charge in [-0.3, -0.25) is 0 Å². The maximum Gasteiger partial charge on any atom is 0.215 e. The van der Waals surface area contributed by atoms with E-state index in [0.717, 1.165) is 11.1 Å². The van der Waals surface area contributed by atoms with Gasteiger partial charge in [0.25, 0.3) is 0 Å². The summed E-state index contributed by atoms with van der Waals surface area (Å²) < 4.78 is 32.8. The van der Waals surface area contributed by atoms with E-state index >= 15 is 0 Å². The number of aryl methyl sites for hydroxylation is 1. The molecule has 7 heteroatoms. The number of hydrogen-bond acceptors (Lipinski definition) is 4. The van der Waals surface area contributed by atoms with Gasteiger partial charge in [-0.2, -0.15) is 0 Å². The van der Waals surface area contributed by atoms with Gasteiger partial charge in [-0.05, 0) is 30.2 Å². The molecule has 2 aromatic rings. The molecule has 1 atom stereocenters. The molecule has 0 heterocycles. The molecule has 0 amide bonds. The lowest BCUT2D eigenvalue weighted by Gasteiger charge is -2.19. The fraction of sp³-hybridized carbons (Fsp3) is 0.333. The molecule has 0 saturated carbocycles. The molecule has 0 fully saturated rings. The van der Waals surface area contributed by atoms with E-state index in [1.54, 1.807) is 24.3 Å². The highest BCUT2D eigenvalue weighted by atomic mass is 35.5. The zero-order chi connectivity index (χ0) is 18.3. The van der Waals surface area contributed by atoms with Crippen LogP contribution in [0.15, 0.2) is 48.5 Å². The number of rotatable bonds is 9. The Kier molecular flexibility index (Phi) is 7.40. The molecule has 2 aromatic carbocycles. The van der Waals surface area contributed by atoms with Crippen LogP contribution in [0.1, 0.15) is 22.8 Å². The van der Waals surface area contributed by atoms with Gasteiger partial charge < -0.3 is 9.84 Å². The van der Waals surface area contributed by atoms with Crippen LogP contribution >= 0.6 is 11.6 Å². The highest BCUT2D eigenvalue weighted by Gasteiger charge is 2.17. The van der Waals surface area contributed by atoms with Crippen LogP contribution in [-0.2, 0) is 20.5 Å². The Hall–Kier alpha value is -1.44. The topological polar surface area (TPSA) is 75.6 Å². The molecule has 1 unspecified atom stereocenters. The van der Waals surface area contributed by atoms with Crippen LogP contribution < -0.4 is 4.72 Å². The summed E-state index contributed by atoms with van der Waals surface area (Å²) in [4.78, 5) is 0. The maximum atomic E-state index is 12.3. The number of halogens is 1. The lowest BCUT2D eigenvalue weighted by Crippen LogP contribution is -2.31. The van der Waals surface area contributed by atoms with Gasteiger partial charge in [0.2, 0.25) is 10.0 Å². The summed E-state index contributed by atoms with van der Waals surface area (Å²) in [5, 5.41) is 9.54. The fourth-order valence-corrected chi connectivity index (χ4v) is 3.57. The molecule has 2 rings (SSSR count). The van der Waals surface area contributed by atoms with Crippen molar-refractivity contribution in [3.8, 4) is 0 Å². The molecule has 25 heavy (non-hydrogen) atoms. The molecule has 0 saturated heterocycles. The largest absolute Gasteiger partial charge is 0.394 e. The van der Waals surface area contributed by atoms with Crippen molar-refractivity contribution in [2.45, 2.75) is 18.8 Å². The van der Waals surface area contributed by atoms with Crippen LogP contribution in [0.25, 0.3) is 0 Å². The van der Waals surface area contributed by atoms with Gasteiger partial charge in [0.1, 0.15) is 0 Å². The molecule has 0 aromatic heterocycles. The summed E-state index contributed by atoms with van der Waals surface area (Å²) in [6.07, 6.45) is -0.465. The zero-order valence-electron chi connectivity index (χ0n) is 14.0. The second kappa shape index (κ2) is 9.31. The van der Waals surface area contributed by atoms with Gasteiger partial charge in [0.05, 0.1) is 25.1 Å². The first-order chi connectivity index (χ1) is 11.9. The van der Waals surface area contributed by atoms with Gasteiger partial charge in [0, 0.05) is 11.6 Å². The van der Waals surface area contributed by atoms with Crippen molar-refractivity contribution < 1.29 is 18.3 Å². The van der Waals surface area contributed by atoms with E-state index in [0.29, 0.717) is 10.6 Å². The Bertz CT molecular complexity index is 761. The Balaban J connectivity index is 2.02. The fourth-order valence-electron chi connectivity index (χ4n) is 2.30. The molecule has 0 aliphatic heterocycles. The summed E-state index contributed by atoms with van der Waals surface area (Å²) in [5.41, 5.74) is 2.61. The van der Waals surface area contributed by atoms with E-state index in [-0.39, 0.29) is 25.5 Å². The summed E-state index contributed by atoms with van der Waals surface area (Å²) in [5.74, 6) is -0.134. The minimum Gasteiger partial charge on any atom is -0.394 e. The molecule has 0 bridgehead atoms. The average Bonchev–Trinajstić information content (AvgIpc) is 2.58. The second-order valence-electron chi connectivity index (χ2n) is 5.73. The van der Waals surface area contributed by atoms with Crippen LogP contribution in [0.4, 0.5) is 0 Å². The third kappa shape index (κ3) is 6.76. The molecule has 0 spiro atoms. The smallest absolute Gasteiger partial charge is 0.215 e. The Labute approximate surface area is 153 Å². The predicted octanol–water partition coefficient (Wildman–Crippen LogP) is 2.82. The number of benzene rings is 2. The molecule has 136 valence electrons. The molecule has 0 aliphatic rings. The lowest BCUT2D eigenvalue weighted by molar-refractivity contribution is 0.0309. The van der Waals surface area contributed by atoms with Crippen LogP contribution in [0.2, 0.25) is 5.02 Å². The van der Waals surface area contributed by atoms with Crippen molar-refractivity contribution in [2.24, 2.45) is 0 Å². The van der Waals surface area contributed by atoms with Gasteiger partial charge in [-0.25, -0.2) is 13.1 Å². The van der Waals surface area contributed by atoms with Gasteiger partial charge in [-0.15, -0.1) is 0 Å². The monoisotopic (exact) mass is 383 g/mol. The van der Waals surface area contributed by atoms with E-state index in [2.05, 4.69) is 4.72 Å². The van der Waals surface area contributed by atoms with Crippen molar-refractivity contribution >= 4 is 21.6 Å². The summed E-state index contributed by atoms with van der Waals surface area (Å²) >= 11 is 5.81. The molecule has 2 N–H and O–H groups in total. The highest BCUT2D eigenvalue weighted by Crippen LogP contribution is 2.18. The number of hydrogen-bond donors (Lipinski definition) is 2. The molecule has 0 radical (unpaired) electrons. The van der Waals surface area contributed by atoms with Crippen molar-refractivity contribution in [1.29, 1.82) is 0 Å². The number of aliphatic hydroxyl groups is 1. The predicted molar refractivity (Wildman–Crippen MR) is 99.0 cm³/mol. The van der Waals surface area contributed by atoms with Crippen molar-refractivity contribution in [3.05, 3.63) is 70.2 Å². The van der Waals surface area contributed by atoms with E-state index in [9.17, 15) is 8.42 Å². The van der Waals surface area contributed by atoms with Crippen LogP contribution in [0, 0.1) is 6.92 Å². The number of sulfonamides is 1. The van der Waals surface area contributed by atoms with Crippen molar-refractivity contribution in [3.63, 3.8) is 0 Å². The van der Waals surface area contributed by atoms with Crippen LogP contribution in [0.5, 0.6) is 0 Å². The first kappa shape index (κ1) is 19.9. The summed E-state index contributed by atoms with van der Waals surface area (Å²) in [7, 11) is -3.52. The second-order valence-corrected chi connectivity index (χ2v) is 7.97. The lowest BCUT2D eigenvalue weighted by atomic mass is 10.1. The van der Waals surface area contributed by atoms with E-state index < -0.39 is 16.1 Å². The molecule has 5 nitrogen and oxygen atoms in total. The van der Waals surface area contributed by atoms with Crippen molar-refractivity contribution in [1.82, 2.24) is 4.72 Å². The Morgan fingerprint density at radius 2 is 1.76 bits per heavy atom. The SMILES string of the molecule is Cc1ccc(C(CNS(=O)(=O)Cc2ccc(Cl)cc2)OCCO)cc1. The first-order valence-corrected chi connectivity index (χ1v) is 9.93. The Morgan fingerprint density at radius 1 is 1.12 bits per heavy atom. The standard InChI is InChI=1S/C18H22ClNO4S/c1-14-2-6-16(7-3-14)18(24-11-10-21)12-20-25(22,23)13-15-4-8-17(19)9-5-15/h2-9,18,20-21H,10-13H2,1H3. The Morgan fingerprint density at radius 3 is 2.36 bits per heavy atom. The van der Waals surface area contributed by atoms with Crippen LogP contribution in [-0.4, -0.2) is 33.3 Å². The third-order valence-electron chi connectivity index (χ3n) is 3.62. The maximum absolute atomic E-state index is 12.3. The molecular formula is C18H22ClNO4S. The molecular weight excluding hydrogens is 362 g/mol. The van der Waals surface area contributed by atoms with E-state index in [1.165, 1.54) is 0 Å². The average molecular weight is 384 g/mol. The van der Waals surface area contributed by atoms with Gasteiger partial charge in [0.15, 0.2) is 0 Å². The van der Waals surface area contributed by atoms with Gasteiger partial charge in [-0.1, -0.05) is 53.6 Å². The van der Waals surface area contributed by atoms with E-state index in [4.69, 9.17) is 21.4 Å². The summed E-state index contributed by atoms with van der Waals surface area (Å²) in [6, 6.07) is 14.3.